The van der Waals surface area contributed by atoms with E-state index in [9.17, 15) is 0 Å². The molecule has 90 valence electrons. The second kappa shape index (κ2) is 7.60. The standard InChI is InChI=1S/C12H19ClN2O/c1-10(14-6-3-4-8-16-2)11-5-7-15-12(13)9-11/h5,7,9-10,14H,3-4,6,8H2,1-2H3. The molecule has 1 rings (SSSR count). The molecule has 1 atom stereocenters. The van der Waals surface area contributed by atoms with Crippen LogP contribution in [0.2, 0.25) is 5.15 Å². The molecule has 1 N–H and O–H groups in total. The second-order valence-corrected chi connectivity index (χ2v) is 4.17. The molecule has 0 aliphatic heterocycles. The summed E-state index contributed by atoms with van der Waals surface area (Å²) in [5.74, 6) is 0. The Labute approximate surface area is 102 Å². The molecule has 1 unspecified atom stereocenters. The molecule has 16 heavy (non-hydrogen) atoms. The van der Waals surface area contributed by atoms with Crippen LogP contribution in [0.5, 0.6) is 0 Å². The Balaban J connectivity index is 2.27. The minimum absolute atomic E-state index is 0.308. The van der Waals surface area contributed by atoms with Crippen molar-refractivity contribution in [3.63, 3.8) is 0 Å². The quantitative estimate of drug-likeness (QED) is 0.590. The summed E-state index contributed by atoms with van der Waals surface area (Å²) < 4.78 is 5.00. The molecule has 0 saturated heterocycles. The zero-order valence-corrected chi connectivity index (χ0v) is 10.6. The van der Waals surface area contributed by atoms with E-state index in [0.29, 0.717) is 11.2 Å². The van der Waals surface area contributed by atoms with Gasteiger partial charge >= 0.3 is 0 Å². The van der Waals surface area contributed by atoms with Gasteiger partial charge in [-0.15, -0.1) is 0 Å². The van der Waals surface area contributed by atoms with E-state index >= 15 is 0 Å². The van der Waals surface area contributed by atoms with Gasteiger partial charge in [0.15, 0.2) is 0 Å². The molecule has 4 heteroatoms. The number of ether oxygens (including phenoxy) is 1. The van der Waals surface area contributed by atoms with Gasteiger partial charge in [-0.2, -0.15) is 0 Å². The summed E-state index contributed by atoms with van der Waals surface area (Å²) in [6, 6.07) is 4.19. The highest BCUT2D eigenvalue weighted by Crippen LogP contribution is 2.14. The van der Waals surface area contributed by atoms with Gasteiger partial charge in [-0.3, -0.25) is 0 Å². The summed E-state index contributed by atoms with van der Waals surface area (Å²) >= 11 is 5.84. The van der Waals surface area contributed by atoms with Crippen LogP contribution in [0.25, 0.3) is 0 Å². The molecule has 0 aromatic carbocycles. The third-order valence-electron chi connectivity index (χ3n) is 2.48. The fraction of sp³-hybridized carbons (Fsp3) is 0.583. The SMILES string of the molecule is COCCCCNC(C)c1ccnc(Cl)c1. The molecule has 0 bridgehead atoms. The van der Waals surface area contributed by atoms with Crippen LogP contribution < -0.4 is 5.32 Å². The van der Waals surface area contributed by atoms with E-state index < -0.39 is 0 Å². The summed E-state index contributed by atoms with van der Waals surface area (Å²) in [4.78, 5) is 3.96. The van der Waals surface area contributed by atoms with Crippen molar-refractivity contribution in [2.24, 2.45) is 0 Å². The van der Waals surface area contributed by atoms with E-state index in [4.69, 9.17) is 16.3 Å². The molecule has 1 aromatic heterocycles. The fourth-order valence-corrected chi connectivity index (χ4v) is 1.68. The van der Waals surface area contributed by atoms with Gasteiger partial charge in [0, 0.05) is 26.0 Å². The van der Waals surface area contributed by atoms with Crippen molar-refractivity contribution in [3.8, 4) is 0 Å². The van der Waals surface area contributed by atoms with E-state index in [0.717, 1.165) is 26.0 Å². The lowest BCUT2D eigenvalue weighted by Crippen LogP contribution is -2.20. The Morgan fingerprint density at radius 1 is 1.50 bits per heavy atom. The monoisotopic (exact) mass is 242 g/mol. The third kappa shape index (κ3) is 4.92. The lowest BCUT2D eigenvalue weighted by atomic mass is 10.1. The van der Waals surface area contributed by atoms with Crippen LogP contribution in [0.15, 0.2) is 18.3 Å². The fourth-order valence-electron chi connectivity index (χ4n) is 1.49. The van der Waals surface area contributed by atoms with Crippen molar-refractivity contribution >= 4 is 11.6 Å². The highest BCUT2D eigenvalue weighted by Gasteiger charge is 2.04. The van der Waals surface area contributed by atoms with E-state index in [-0.39, 0.29) is 0 Å². The van der Waals surface area contributed by atoms with E-state index in [1.807, 2.05) is 12.1 Å². The molecule has 0 aliphatic rings. The molecule has 3 nitrogen and oxygen atoms in total. The van der Waals surface area contributed by atoms with Gasteiger partial charge in [-0.05, 0) is 44.0 Å². The summed E-state index contributed by atoms with van der Waals surface area (Å²) in [5, 5.41) is 3.99. The molecule has 0 amide bonds. The van der Waals surface area contributed by atoms with Crippen molar-refractivity contribution < 1.29 is 4.74 Å². The first-order valence-corrected chi connectivity index (χ1v) is 5.95. The first-order chi connectivity index (χ1) is 7.74. The van der Waals surface area contributed by atoms with Gasteiger partial charge in [0.25, 0.3) is 0 Å². The Hall–Kier alpha value is -0.640. The van der Waals surface area contributed by atoms with Crippen molar-refractivity contribution in [1.82, 2.24) is 10.3 Å². The molecule has 0 aliphatic carbocycles. The maximum atomic E-state index is 5.84. The maximum Gasteiger partial charge on any atom is 0.129 e. The van der Waals surface area contributed by atoms with E-state index in [1.165, 1.54) is 5.56 Å². The molecule has 0 radical (unpaired) electrons. The van der Waals surface area contributed by atoms with Crippen LogP contribution >= 0.6 is 11.6 Å². The van der Waals surface area contributed by atoms with E-state index in [2.05, 4.69) is 17.2 Å². The topological polar surface area (TPSA) is 34.1 Å². The van der Waals surface area contributed by atoms with Crippen molar-refractivity contribution in [3.05, 3.63) is 29.0 Å². The largest absolute Gasteiger partial charge is 0.385 e. The zero-order valence-electron chi connectivity index (χ0n) is 9.87. The average Bonchev–Trinajstić information content (AvgIpc) is 2.28. The maximum absolute atomic E-state index is 5.84. The van der Waals surface area contributed by atoms with Crippen molar-refractivity contribution in [2.45, 2.75) is 25.8 Å². The Bertz CT molecular complexity index is 307. The van der Waals surface area contributed by atoms with Gasteiger partial charge in [0.1, 0.15) is 5.15 Å². The van der Waals surface area contributed by atoms with Crippen molar-refractivity contribution in [1.29, 1.82) is 0 Å². The van der Waals surface area contributed by atoms with Gasteiger partial charge < -0.3 is 10.1 Å². The minimum Gasteiger partial charge on any atom is -0.385 e. The summed E-state index contributed by atoms with van der Waals surface area (Å²) in [6.07, 6.45) is 3.95. The van der Waals surface area contributed by atoms with Crippen LogP contribution in [0, 0.1) is 0 Å². The highest BCUT2D eigenvalue weighted by molar-refractivity contribution is 6.29. The Kier molecular flexibility index (Phi) is 6.38. The lowest BCUT2D eigenvalue weighted by Gasteiger charge is -2.14. The number of nitrogens with one attached hydrogen (secondary N) is 1. The first kappa shape index (κ1) is 13.4. The predicted molar refractivity (Wildman–Crippen MR) is 66.8 cm³/mol. The van der Waals surface area contributed by atoms with E-state index in [1.54, 1.807) is 13.3 Å². The lowest BCUT2D eigenvalue weighted by molar-refractivity contribution is 0.192. The van der Waals surface area contributed by atoms with Gasteiger partial charge in [-0.1, -0.05) is 11.6 Å². The second-order valence-electron chi connectivity index (χ2n) is 3.79. The minimum atomic E-state index is 0.308. The van der Waals surface area contributed by atoms with Crippen LogP contribution in [0.1, 0.15) is 31.4 Å². The molecule has 1 heterocycles. The number of nitrogens with zero attached hydrogens (tertiary/aromatic N) is 1. The number of rotatable bonds is 7. The smallest absolute Gasteiger partial charge is 0.129 e. The van der Waals surface area contributed by atoms with Crippen LogP contribution in [0.3, 0.4) is 0 Å². The highest BCUT2D eigenvalue weighted by atomic mass is 35.5. The van der Waals surface area contributed by atoms with Crippen LogP contribution in [0.4, 0.5) is 0 Å². The first-order valence-electron chi connectivity index (χ1n) is 5.58. The van der Waals surface area contributed by atoms with Gasteiger partial charge in [0.05, 0.1) is 0 Å². The number of hydrogen-bond donors (Lipinski definition) is 1. The van der Waals surface area contributed by atoms with Crippen LogP contribution in [-0.2, 0) is 4.74 Å². The Morgan fingerprint density at radius 3 is 3.00 bits per heavy atom. The van der Waals surface area contributed by atoms with Crippen molar-refractivity contribution in [2.75, 3.05) is 20.3 Å². The number of aromatic nitrogens is 1. The molecule has 0 fully saturated rings. The number of pyridine rings is 1. The zero-order chi connectivity index (χ0) is 11.8. The molecule has 0 saturated carbocycles. The number of halogens is 1. The number of methoxy groups -OCH3 is 1. The molecular weight excluding hydrogens is 224 g/mol. The van der Waals surface area contributed by atoms with Gasteiger partial charge in [-0.25, -0.2) is 4.98 Å². The number of hydrogen-bond acceptors (Lipinski definition) is 3. The molecule has 1 aromatic rings. The third-order valence-corrected chi connectivity index (χ3v) is 2.68. The summed E-state index contributed by atoms with van der Waals surface area (Å²) in [6.45, 7) is 3.95. The predicted octanol–water partition coefficient (Wildman–Crippen LogP) is 2.81. The molecular formula is C12H19ClN2O. The average molecular weight is 243 g/mol. The van der Waals surface area contributed by atoms with Gasteiger partial charge in [0.2, 0.25) is 0 Å². The normalized spacial score (nSPS) is 12.7. The van der Waals surface area contributed by atoms with Crippen LogP contribution in [-0.4, -0.2) is 25.2 Å². The summed E-state index contributed by atoms with van der Waals surface area (Å²) in [5.41, 5.74) is 1.17. The molecule has 0 spiro atoms. The number of unbranched alkanes of at least 4 members (excludes halogenated alkanes) is 1. The Morgan fingerprint density at radius 2 is 2.31 bits per heavy atom. The summed E-state index contributed by atoms with van der Waals surface area (Å²) in [7, 11) is 1.73.